The van der Waals surface area contributed by atoms with Crippen molar-refractivity contribution >= 4 is 58.3 Å². The molecule has 0 saturated carbocycles. The number of amides is 1. The summed E-state index contributed by atoms with van der Waals surface area (Å²) in [5.74, 6) is -1.47. The summed E-state index contributed by atoms with van der Waals surface area (Å²) in [5, 5.41) is 16.1. The molecule has 3 rings (SSSR count). The number of benzene rings is 1. The lowest BCUT2D eigenvalue weighted by atomic mass is 9.74. The average molecular weight is 522 g/mol. The molecule has 1 aromatic heterocycles. The van der Waals surface area contributed by atoms with E-state index in [1.807, 2.05) is 13.8 Å². The van der Waals surface area contributed by atoms with Gasteiger partial charge in [-0.05, 0) is 31.5 Å². The van der Waals surface area contributed by atoms with Crippen LogP contribution in [0.15, 0.2) is 47.3 Å². The standard InChI is InChI=1S/C24H25Cl2N3O4S/c1-12(2)34-19-20(24(3,4)21(19)30)29-17(23(32)33)9-13-5-7-14(8-6-13)28-22(31)18-15(25)10-27-11-16(18)26/h5-8,10-12,17,29H,9H2,1-4H3,(H,28,31)(H,32,33)/t17-/m0/s1. The molecule has 1 heterocycles. The average Bonchev–Trinajstić information content (AvgIpc) is 2.75. The van der Waals surface area contributed by atoms with E-state index in [2.05, 4.69) is 15.6 Å². The smallest absolute Gasteiger partial charge is 0.326 e. The van der Waals surface area contributed by atoms with E-state index < -0.39 is 23.3 Å². The maximum atomic E-state index is 12.5. The number of nitrogens with zero attached hydrogens (tertiary/aromatic N) is 1. The van der Waals surface area contributed by atoms with E-state index in [1.165, 1.54) is 24.2 Å². The summed E-state index contributed by atoms with van der Waals surface area (Å²) >= 11 is 13.5. The summed E-state index contributed by atoms with van der Waals surface area (Å²) in [4.78, 5) is 41.4. The van der Waals surface area contributed by atoms with Crippen molar-refractivity contribution in [3.05, 3.63) is 68.4 Å². The van der Waals surface area contributed by atoms with Gasteiger partial charge in [0.15, 0.2) is 5.78 Å². The molecule has 1 amide bonds. The number of hydrogen-bond acceptors (Lipinski definition) is 6. The lowest BCUT2D eigenvalue weighted by Gasteiger charge is -2.40. The van der Waals surface area contributed by atoms with E-state index in [-0.39, 0.29) is 33.1 Å². The van der Waals surface area contributed by atoms with Crippen LogP contribution in [0, 0.1) is 5.41 Å². The van der Waals surface area contributed by atoms with E-state index in [0.29, 0.717) is 16.3 Å². The summed E-state index contributed by atoms with van der Waals surface area (Å²) < 4.78 is 0. The molecule has 0 spiro atoms. The first-order valence-corrected chi connectivity index (χ1v) is 12.2. The van der Waals surface area contributed by atoms with Crippen LogP contribution in [0.2, 0.25) is 10.0 Å². The third-order valence-electron chi connectivity index (χ3n) is 5.33. The molecule has 0 unspecified atom stereocenters. The molecule has 0 fully saturated rings. The van der Waals surface area contributed by atoms with Crippen LogP contribution in [0.1, 0.15) is 43.6 Å². The van der Waals surface area contributed by atoms with Crippen molar-refractivity contribution in [3.8, 4) is 0 Å². The van der Waals surface area contributed by atoms with E-state index in [0.717, 1.165) is 5.56 Å². The van der Waals surface area contributed by atoms with Gasteiger partial charge in [0.2, 0.25) is 0 Å². The predicted molar refractivity (Wildman–Crippen MR) is 135 cm³/mol. The maximum Gasteiger partial charge on any atom is 0.326 e. The second-order valence-electron chi connectivity index (χ2n) is 8.69. The molecule has 1 atom stereocenters. The molecule has 0 aliphatic heterocycles. The number of carbonyl (C=O) groups excluding carboxylic acids is 2. The highest BCUT2D eigenvalue weighted by Gasteiger charge is 2.48. The number of nitrogens with one attached hydrogen (secondary N) is 2. The summed E-state index contributed by atoms with van der Waals surface area (Å²) in [6.07, 6.45) is 2.86. The zero-order valence-electron chi connectivity index (χ0n) is 19.1. The molecular weight excluding hydrogens is 497 g/mol. The Morgan fingerprint density at radius 1 is 1.12 bits per heavy atom. The van der Waals surface area contributed by atoms with Gasteiger partial charge >= 0.3 is 5.97 Å². The van der Waals surface area contributed by atoms with Crippen molar-refractivity contribution in [1.29, 1.82) is 0 Å². The number of Topliss-reactive ketones (excluding diaryl/α,β-unsaturated/α-hetero) is 1. The molecule has 10 heteroatoms. The van der Waals surface area contributed by atoms with E-state index in [9.17, 15) is 19.5 Å². The molecular formula is C24H25Cl2N3O4S. The van der Waals surface area contributed by atoms with Crippen LogP contribution >= 0.6 is 35.0 Å². The Morgan fingerprint density at radius 3 is 2.24 bits per heavy atom. The monoisotopic (exact) mass is 521 g/mol. The van der Waals surface area contributed by atoms with Gasteiger partial charge in [-0.2, -0.15) is 0 Å². The zero-order chi connectivity index (χ0) is 25.2. The second-order valence-corrected chi connectivity index (χ2v) is 11.1. The SMILES string of the molecule is CC(C)SC1=C(N[C@@H](Cc2ccc(NC(=O)c3c(Cl)cncc3Cl)cc2)C(=O)O)C(C)(C)C1=O. The molecule has 1 aromatic carbocycles. The van der Waals surface area contributed by atoms with Gasteiger partial charge in [-0.3, -0.25) is 14.6 Å². The van der Waals surface area contributed by atoms with Crippen LogP contribution in [0.25, 0.3) is 0 Å². The molecule has 0 saturated heterocycles. The number of hydrogen-bond donors (Lipinski definition) is 3. The first kappa shape index (κ1) is 26.1. The number of rotatable bonds is 9. The molecule has 0 radical (unpaired) electrons. The highest BCUT2D eigenvalue weighted by Crippen LogP contribution is 2.47. The van der Waals surface area contributed by atoms with Crippen LogP contribution < -0.4 is 10.6 Å². The third kappa shape index (κ3) is 5.56. The molecule has 1 aliphatic rings. The van der Waals surface area contributed by atoms with Crippen molar-refractivity contribution in [1.82, 2.24) is 10.3 Å². The first-order chi connectivity index (χ1) is 15.9. The van der Waals surface area contributed by atoms with Gasteiger partial charge in [-0.1, -0.05) is 49.2 Å². The van der Waals surface area contributed by atoms with Crippen molar-refractivity contribution in [2.24, 2.45) is 5.41 Å². The number of aromatic nitrogens is 1. The largest absolute Gasteiger partial charge is 0.480 e. The van der Waals surface area contributed by atoms with Crippen molar-refractivity contribution in [3.63, 3.8) is 0 Å². The molecule has 0 bridgehead atoms. The van der Waals surface area contributed by atoms with E-state index in [1.54, 1.807) is 38.1 Å². The summed E-state index contributed by atoms with van der Waals surface area (Å²) in [6, 6.07) is 5.90. The minimum absolute atomic E-state index is 0.0207. The van der Waals surface area contributed by atoms with Gasteiger partial charge in [-0.25, -0.2) is 4.79 Å². The van der Waals surface area contributed by atoms with Gasteiger partial charge in [0.1, 0.15) is 6.04 Å². The van der Waals surface area contributed by atoms with Gasteiger partial charge in [0, 0.05) is 35.4 Å². The van der Waals surface area contributed by atoms with E-state index in [4.69, 9.17) is 23.2 Å². The molecule has 34 heavy (non-hydrogen) atoms. The number of carboxylic acids is 1. The number of anilines is 1. The molecule has 7 nitrogen and oxygen atoms in total. The van der Waals surface area contributed by atoms with Gasteiger partial charge in [0.05, 0.1) is 25.9 Å². The molecule has 1 aliphatic carbocycles. The third-order valence-corrected chi connectivity index (χ3v) is 7.00. The quantitative estimate of drug-likeness (QED) is 0.416. The van der Waals surface area contributed by atoms with Gasteiger partial charge < -0.3 is 15.7 Å². The molecule has 180 valence electrons. The first-order valence-electron chi connectivity index (χ1n) is 10.6. The Kier molecular flexibility index (Phi) is 7.95. The second kappa shape index (κ2) is 10.4. The summed E-state index contributed by atoms with van der Waals surface area (Å²) in [6.45, 7) is 7.55. The fourth-order valence-electron chi connectivity index (χ4n) is 3.48. The Morgan fingerprint density at radius 2 is 1.71 bits per heavy atom. The number of ketones is 1. The summed E-state index contributed by atoms with van der Waals surface area (Å²) in [7, 11) is 0. The van der Waals surface area contributed by atoms with Crippen LogP contribution in [-0.2, 0) is 16.0 Å². The minimum atomic E-state index is -1.02. The minimum Gasteiger partial charge on any atom is -0.480 e. The lowest BCUT2D eigenvalue weighted by Crippen LogP contribution is -2.50. The van der Waals surface area contributed by atoms with Crippen LogP contribution in [-0.4, -0.2) is 39.0 Å². The van der Waals surface area contributed by atoms with Crippen molar-refractivity contribution in [2.45, 2.75) is 45.4 Å². The normalized spacial score (nSPS) is 15.7. The van der Waals surface area contributed by atoms with Crippen LogP contribution in [0.3, 0.4) is 0 Å². The predicted octanol–water partition coefficient (Wildman–Crippen LogP) is 5.19. The Balaban J connectivity index is 1.72. The van der Waals surface area contributed by atoms with Crippen LogP contribution in [0.5, 0.6) is 0 Å². The Hall–Kier alpha value is -2.55. The Labute approximate surface area is 212 Å². The molecule has 3 N–H and O–H groups in total. The highest BCUT2D eigenvalue weighted by molar-refractivity contribution is 8.04. The van der Waals surface area contributed by atoms with E-state index >= 15 is 0 Å². The number of thioether (sulfide) groups is 1. The number of pyridine rings is 1. The fraction of sp³-hybridized carbons (Fsp3) is 0.333. The molecule has 2 aromatic rings. The maximum absolute atomic E-state index is 12.5. The van der Waals surface area contributed by atoms with Crippen molar-refractivity contribution in [2.75, 3.05) is 5.32 Å². The summed E-state index contributed by atoms with van der Waals surface area (Å²) in [5.41, 5.74) is 1.30. The topological polar surface area (TPSA) is 108 Å². The number of carbonyl (C=O) groups is 3. The van der Waals surface area contributed by atoms with Gasteiger partial charge in [-0.15, -0.1) is 11.8 Å². The number of carboxylic acid groups (broad SMARTS) is 1. The lowest BCUT2D eigenvalue weighted by molar-refractivity contribution is -0.139. The number of aliphatic carboxylic acids is 1. The highest BCUT2D eigenvalue weighted by atomic mass is 35.5. The van der Waals surface area contributed by atoms with Crippen LogP contribution in [0.4, 0.5) is 5.69 Å². The Bertz CT molecular complexity index is 1140. The number of allylic oxidation sites excluding steroid dienone is 2. The fourth-order valence-corrected chi connectivity index (χ4v) is 5.28. The zero-order valence-corrected chi connectivity index (χ0v) is 21.4. The van der Waals surface area contributed by atoms with Gasteiger partial charge in [0.25, 0.3) is 5.91 Å². The van der Waals surface area contributed by atoms with Crippen molar-refractivity contribution < 1.29 is 19.5 Å². The number of halogens is 2.